The van der Waals surface area contributed by atoms with E-state index in [9.17, 15) is 5.11 Å². The molecule has 0 heterocycles. The molecule has 1 atom stereocenters. The Morgan fingerprint density at radius 1 is 0.731 bits per heavy atom. The van der Waals surface area contributed by atoms with Crippen molar-refractivity contribution in [3.8, 4) is 17.2 Å². The van der Waals surface area contributed by atoms with E-state index in [-0.39, 0.29) is 5.75 Å². The second kappa shape index (κ2) is 11.6. The molecule has 0 saturated carbocycles. The number of hydrogen-bond acceptors (Lipinski definition) is 2. The van der Waals surface area contributed by atoms with Crippen LogP contribution >= 0.6 is 0 Å². The number of para-hydroxylation sites is 3. The van der Waals surface area contributed by atoms with E-state index in [1.165, 1.54) is 63.4 Å². The van der Waals surface area contributed by atoms with E-state index < -0.39 is 0 Å². The first kappa shape index (κ1) is 20.4. The maximum Gasteiger partial charge on any atom is 0.169 e. The van der Waals surface area contributed by atoms with Gasteiger partial charge in [0.2, 0.25) is 0 Å². The number of phenolic OH excluding ortho intramolecular Hbond substituents is 1. The van der Waals surface area contributed by atoms with Crippen LogP contribution in [-0.2, 0) is 0 Å². The van der Waals surface area contributed by atoms with Crippen LogP contribution < -0.4 is 4.74 Å². The molecule has 0 aliphatic rings. The topological polar surface area (TPSA) is 29.5 Å². The second-order valence-corrected chi connectivity index (χ2v) is 7.15. The van der Waals surface area contributed by atoms with Crippen LogP contribution in [0.15, 0.2) is 48.5 Å². The Kier molecular flexibility index (Phi) is 9.09. The van der Waals surface area contributed by atoms with Crippen LogP contribution in [0, 0.1) is 0 Å². The number of unbranched alkanes of at least 4 members (excludes halogenated alkanes) is 5. The van der Waals surface area contributed by atoms with E-state index in [2.05, 4.69) is 26.0 Å². The van der Waals surface area contributed by atoms with Crippen LogP contribution in [0.1, 0.15) is 83.1 Å². The Morgan fingerprint density at radius 2 is 1.31 bits per heavy atom. The van der Waals surface area contributed by atoms with Crippen LogP contribution in [0.3, 0.4) is 0 Å². The number of benzene rings is 2. The van der Waals surface area contributed by atoms with Crippen molar-refractivity contribution in [2.75, 3.05) is 0 Å². The molecule has 2 rings (SSSR count). The van der Waals surface area contributed by atoms with Gasteiger partial charge in [0.05, 0.1) is 0 Å². The van der Waals surface area contributed by atoms with E-state index in [4.69, 9.17) is 4.74 Å². The minimum atomic E-state index is 0.188. The van der Waals surface area contributed by atoms with Crippen molar-refractivity contribution in [2.45, 2.75) is 77.6 Å². The van der Waals surface area contributed by atoms with Gasteiger partial charge in [0.15, 0.2) is 11.5 Å². The standard InChI is InChI=1S/C24H34O2/c1-3-5-7-9-15-20(14-8-6-4-2)21-16-10-12-18-23(21)26-24-19-13-11-17-22(24)25/h10-13,16-20,25H,3-9,14-15H2,1-2H3. The molecule has 0 aliphatic carbocycles. The molecule has 0 amide bonds. The summed E-state index contributed by atoms with van der Waals surface area (Å²) in [5, 5.41) is 10.1. The lowest BCUT2D eigenvalue weighted by Gasteiger charge is -2.21. The average molecular weight is 355 g/mol. The van der Waals surface area contributed by atoms with Crippen LogP contribution in [-0.4, -0.2) is 5.11 Å². The molecule has 142 valence electrons. The molecular weight excluding hydrogens is 320 g/mol. The number of hydrogen-bond donors (Lipinski definition) is 1. The molecular formula is C24H34O2. The summed E-state index contributed by atoms with van der Waals surface area (Å²) < 4.78 is 6.11. The summed E-state index contributed by atoms with van der Waals surface area (Å²) in [5.74, 6) is 2.12. The summed E-state index contributed by atoms with van der Waals surface area (Å²) in [6.45, 7) is 4.51. The molecule has 0 saturated heterocycles. The van der Waals surface area contributed by atoms with Gasteiger partial charge in [-0.25, -0.2) is 0 Å². The minimum absolute atomic E-state index is 0.188. The summed E-state index contributed by atoms with van der Waals surface area (Å²) in [6.07, 6.45) is 11.4. The molecule has 0 aromatic heterocycles. The monoisotopic (exact) mass is 354 g/mol. The van der Waals surface area contributed by atoms with E-state index in [1.807, 2.05) is 30.3 Å². The first-order valence-corrected chi connectivity index (χ1v) is 10.3. The number of aromatic hydroxyl groups is 1. The predicted octanol–water partition coefficient (Wildman–Crippen LogP) is 7.82. The van der Waals surface area contributed by atoms with Crippen molar-refractivity contribution in [3.05, 3.63) is 54.1 Å². The third kappa shape index (κ3) is 6.40. The maximum atomic E-state index is 10.1. The highest BCUT2D eigenvalue weighted by molar-refractivity contribution is 5.45. The van der Waals surface area contributed by atoms with E-state index >= 15 is 0 Å². The van der Waals surface area contributed by atoms with Crippen molar-refractivity contribution in [2.24, 2.45) is 0 Å². The molecule has 2 heteroatoms. The molecule has 0 fully saturated rings. The Labute approximate surface area is 159 Å². The molecule has 0 spiro atoms. The number of ether oxygens (including phenoxy) is 1. The molecule has 2 aromatic rings. The van der Waals surface area contributed by atoms with Gasteiger partial charge in [0.1, 0.15) is 5.75 Å². The van der Waals surface area contributed by atoms with Crippen molar-refractivity contribution in [1.29, 1.82) is 0 Å². The highest BCUT2D eigenvalue weighted by Gasteiger charge is 2.17. The van der Waals surface area contributed by atoms with Crippen LogP contribution in [0.2, 0.25) is 0 Å². The molecule has 26 heavy (non-hydrogen) atoms. The number of phenols is 1. The van der Waals surface area contributed by atoms with Gasteiger partial charge in [0.25, 0.3) is 0 Å². The smallest absolute Gasteiger partial charge is 0.169 e. The third-order valence-corrected chi connectivity index (χ3v) is 5.01. The lowest BCUT2D eigenvalue weighted by atomic mass is 9.87. The van der Waals surface area contributed by atoms with Crippen molar-refractivity contribution in [1.82, 2.24) is 0 Å². The van der Waals surface area contributed by atoms with Crippen molar-refractivity contribution in [3.63, 3.8) is 0 Å². The second-order valence-electron chi connectivity index (χ2n) is 7.15. The van der Waals surface area contributed by atoms with Gasteiger partial charge in [-0.3, -0.25) is 0 Å². The van der Waals surface area contributed by atoms with E-state index in [0.29, 0.717) is 11.7 Å². The first-order chi connectivity index (χ1) is 12.8. The predicted molar refractivity (Wildman–Crippen MR) is 110 cm³/mol. The Morgan fingerprint density at radius 3 is 2.00 bits per heavy atom. The summed E-state index contributed by atoms with van der Waals surface area (Å²) in [5.41, 5.74) is 1.28. The highest BCUT2D eigenvalue weighted by atomic mass is 16.5. The lowest BCUT2D eigenvalue weighted by molar-refractivity contribution is 0.402. The van der Waals surface area contributed by atoms with Gasteiger partial charge in [-0.15, -0.1) is 0 Å². The van der Waals surface area contributed by atoms with Crippen LogP contribution in [0.4, 0.5) is 0 Å². The summed E-state index contributed by atoms with van der Waals surface area (Å²) in [4.78, 5) is 0. The van der Waals surface area contributed by atoms with Gasteiger partial charge >= 0.3 is 0 Å². The van der Waals surface area contributed by atoms with E-state index in [1.54, 1.807) is 6.07 Å². The fourth-order valence-electron chi connectivity index (χ4n) is 3.49. The molecule has 1 unspecified atom stereocenters. The van der Waals surface area contributed by atoms with E-state index in [0.717, 1.165) is 5.75 Å². The van der Waals surface area contributed by atoms with Gasteiger partial charge < -0.3 is 9.84 Å². The van der Waals surface area contributed by atoms with Crippen molar-refractivity contribution >= 4 is 0 Å². The molecule has 1 N–H and O–H groups in total. The highest BCUT2D eigenvalue weighted by Crippen LogP contribution is 2.38. The number of rotatable bonds is 12. The lowest BCUT2D eigenvalue weighted by Crippen LogP contribution is -2.02. The zero-order chi connectivity index (χ0) is 18.6. The quantitative estimate of drug-likeness (QED) is 0.394. The minimum Gasteiger partial charge on any atom is -0.504 e. The van der Waals surface area contributed by atoms with Crippen LogP contribution in [0.25, 0.3) is 0 Å². The summed E-state index contributed by atoms with van der Waals surface area (Å²) in [6, 6.07) is 15.5. The fraction of sp³-hybridized carbons (Fsp3) is 0.500. The molecule has 2 aromatic carbocycles. The summed E-state index contributed by atoms with van der Waals surface area (Å²) in [7, 11) is 0. The fourth-order valence-corrected chi connectivity index (χ4v) is 3.49. The van der Waals surface area contributed by atoms with Crippen molar-refractivity contribution < 1.29 is 9.84 Å². The first-order valence-electron chi connectivity index (χ1n) is 10.3. The molecule has 0 bridgehead atoms. The largest absolute Gasteiger partial charge is 0.504 e. The molecule has 0 aliphatic heterocycles. The Balaban J connectivity index is 2.15. The SMILES string of the molecule is CCCCCCC(CCCCC)c1ccccc1Oc1ccccc1O. The Bertz CT molecular complexity index is 636. The molecule has 2 nitrogen and oxygen atoms in total. The van der Waals surface area contributed by atoms with Gasteiger partial charge in [0, 0.05) is 0 Å². The van der Waals surface area contributed by atoms with Gasteiger partial charge in [-0.2, -0.15) is 0 Å². The zero-order valence-corrected chi connectivity index (χ0v) is 16.4. The van der Waals surface area contributed by atoms with Crippen LogP contribution in [0.5, 0.6) is 17.2 Å². The summed E-state index contributed by atoms with van der Waals surface area (Å²) >= 11 is 0. The zero-order valence-electron chi connectivity index (χ0n) is 16.4. The van der Waals surface area contributed by atoms with Gasteiger partial charge in [-0.1, -0.05) is 89.1 Å². The van der Waals surface area contributed by atoms with Gasteiger partial charge in [-0.05, 0) is 42.5 Å². The average Bonchev–Trinajstić information content (AvgIpc) is 2.66. The third-order valence-electron chi connectivity index (χ3n) is 5.01. The maximum absolute atomic E-state index is 10.1. The Hall–Kier alpha value is -1.96. The molecule has 0 radical (unpaired) electrons. The normalized spacial score (nSPS) is 12.1.